The predicted octanol–water partition coefficient (Wildman–Crippen LogP) is 2.03. The first-order valence-electron chi connectivity index (χ1n) is 5.55. The molecule has 0 aromatic heterocycles. The molecule has 4 nitrogen and oxygen atoms in total. The van der Waals surface area contributed by atoms with Crippen molar-refractivity contribution in [2.24, 2.45) is 11.0 Å². The van der Waals surface area contributed by atoms with Gasteiger partial charge in [0.25, 0.3) is 0 Å². The van der Waals surface area contributed by atoms with E-state index in [4.69, 9.17) is 0 Å². The number of nitrogens with zero attached hydrogens (tertiary/aromatic N) is 1. The Hall–Kier alpha value is -2.17. The number of amides is 1. The summed E-state index contributed by atoms with van der Waals surface area (Å²) in [6.07, 6.45) is 1.52. The number of carbonyl (C=O) groups excluding carboxylic acids is 1. The lowest BCUT2D eigenvalue weighted by molar-refractivity contribution is -0.121. The first-order chi connectivity index (χ1) is 8.54. The van der Waals surface area contributed by atoms with Crippen molar-refractivity contribution in [1.29, 1.82) is 0 Å². The first kappa shape index (κ1) is 12.3. The molecular formula is C13H13FN2O2. The molecule has 0 spiro atoms. The van der Waals surface area contributed by atoms with Crippen LogP contribution in [0.15, 0.2) is 23.8 Å². The molecule has 0 aliphatic carbocycles. The molecular weight excluding hydrogens is 235 g/mol. The summed E-state index contributed by atoms with van der Waals surface area (Å²) in [5.74, 6) is -1.10. The molecule has 5 heteroatoms. The number of carbonyl (C=O) groups is 1. The molecule has 1 aromatic carbocycles. The van der Waals surface area contributed by atoms with Crippen molar-refractivity contribution in [3.8, 4) is 5.75 Å². The predicted molar refractivity (Wildman–Crippen MR) is 66.6 cm³/mol. The highest BCUT2D eigenvalue weighted by Crippen LogP contribution is 2.27. The Labute approximate surface area is 104 Å². The van der Waals surface area contributed by atoms with Crippen molar-refractivity contribution in [2.45, 2.75) is 13.3 Å². The second kappa shape index (κ2) is 4.60. The number of aromatic hydroxyl groups is 1. The topological polar surface area (TPSA) is 61.7 Å². The molecule has 1 amide bonds. The number of phenols is 1. The maximum atomic E-state index is 14.2. The molecule has 2 N–H and O–H groups in total. The number of hydrazone groups is 1. The van der Waals surface area contributed by atoms with Gasteiger partial charge in [-0.05, 0) is 12.1 Å². The van der Waals surface area contributed by atoms with E-state index in [0.29, 0.717) is 5.71 Å². The van der Waals surface area contributed by atoms with E-state index in [1.165, 1.54) is 18.2 Å². The third-order valence-electron chi connectivity index (χ3n) is 2.90. The van der Waals surface area contributed by atoms with Crippen molar-refractivity contribution in [3.63, 3.8) is 0 Å². The highest BCUT2D eigenvalue weighted by molar-refractivity contribution is 6.06. The van der Waals surface area contributed by atoms with E-state index in [1.807, 2.05) is 0 Å². The van der Waals surface area contributed by atoms with E-state index in [2.05, 4.69) is 17.1 Å². The lowest BCUT2D eigenvalue weighted by Crippen LogP contribution is -2.32. The maximum absolute atomic E-state index is 14.2. The van der Waals surface area contributed by atoms with E-state index in [0.717, 1.165) is 0 Å². The Balaban J connectivity index is 2.52. The molecule has 18 heavy (non-hydrogen) atoms. The highest BCUT2D eigenvalue weighted by atomic mass is 19.1. The summed E-state index contributed by atoms with van der Waals surface area (Å²) in [5.41, 5.74) is 3.12. The van der Waals surface area contributed by atoms with Gasteiger partial charge in [0.1, 0.15) is 11.6 Å². The van der Waals surface area contributed by atoms with Gasteiger partial charge in [0.2, 0.25) is 5.91 Å². The summed E-state index contributed by atoms with van der Waals surface area (Å²) in [5, 5.41) is 13.4. The van der Waals surface area contributed by atoms with Gasteiger partial charge in [-0.25, -0.2) is 9.82 Å². The fraction of sp³-hybridized carbons (Fsp3) is 0.231. The molecule has 0 saturated heterocycles. The van der Waals surface area contributed by atoms with Crippen molar-refractivity contribution < 1.29 is 14.3 Å². The molecule has 1 heterocycles. The van der Waals surface area contributed by atoms with Crippen LogP contribution in [-0.2, 0) is 4.79 Å². The van der Waals surface area contributed by atoms with Crippen molar-refractivity contribution >= 4 is 17.7 Å². The number of benzene rings is 1. The molecule has 1 aromatic rings. The highest BCUT2D eigenvalue weighted by Gasteiger charge is 2.25. The van der Waals surface area contributed by atoms with E-state index >= 15 is 0 Å². The maximum Gasteiger partial charge on any atom is 0.240 e. The second-order valence-electron chi connectivity index (χ2n) is 4.20. The molecule has 0 saturated carbocycles. The third-order valence-corrected chi connectivity index (χ3v) is 2.90. The zero-order chi connectivity index (χ0) is 13.3. The third kappa shape index (κ3) is 1.99. The van der Waals surface area contributed by atoms with Gasteiger partial charge in [-0.2, -0.15) is 5.10 Å². The summed E-state index contributed by atoms with van der Waals surface area (Å²) in [6.45, 7) is 5.26. The van der Waals surface area contributed by atoms with Gasteiger partial charge in [0.15, 0.2) is 0 Å². The van der Waals surface area contributed by atoms with Gasteiger partial charge in [0, 0.05) is 17.9 Å². The zero-order valence-corrected chi connectivity index (χ0v) is 9.90. The van der Waals surface area contributed by atoms with Crippen LogP contribution in [0.5, 0.6) is 5.75 Å². The molecule has 0 bridgehead atoms. The quantitative estimate of drug-likeness (QED) is 0.841. The summed E-state index contributed by atoms with van der Waals surface area (Å²) < 4.78 is 14.2. The summed E-state index contributed by atoms with van der Waals surface area (Å²) >= 11 is 0. The van der Waals surface area contributed by atoms with E-state index < -0.39 is 5.82 Å². The molecule has 1 aliphatic heterocycles. The van der Waals surface area contributed by atoms with Gasteiger partial charge in [0.05, 0.1) is 11.3 Å². The number of hydrogen-bond donors (Lipinski definition) is 2. The zero-order valence-electron chi connectivity index (χ0n) is 9.90. The fourth-order valence-electron chi connectivity index (χ4n) is 1.95. The van der Waals surface area contributed by atoms with E-state index in [9.17, 15) is 14.3 Å². The number of rotatable bonds is 2. The lowest BCUT2D eigenvalue weighted by Gasteiger charge is -2.20. The van der Waals surface area contributed by atoms with Gasteiger partial charge in [-0.3, -0.25) is 4.79 Å². The van der Waals surface area contributed by atoms with Crippen molar-refractivity contribution in [2.75, 3.05) is 0 Å². The van der Waals surface area contributed by atoms with Gasteiger partial charge >= 0.3 is 0 Å². The average Bonchev–Trinajstić information content (AvgIpc) is 2.31. The fourth-order valence-corrected chi connectivity index (χ4v) is 1.95. The minimum atomic E-state index is -0.577. The first-order valence-corrected chi connectivity index (χ1v) is 5.55. The molecule has 0 fully saturated rings. The molecule has 2 rings (SSSR count). The smallest absolute Gasteiger partial charge is 0.240 e. The minimum absolute atomic E-state index is 0.0410. The Kier molecular flexibility index (Phi) is 3.14. The number of hydrogen-bond acceptors (Lipinski definition) is 3. The largest absolute Gasteiger partial charge is 0.507 e. The van der Waals surface area contributed by atoms with Gasteiger partial charge < -0.3 is 5.11 Å². The van der Waals surface area contributed by atoms with Crippen LogP contribution < -0.4 is 5.43 Å². The molecule has 94 valence electrons. The van der Waals surface area contributed by atoms with Gasteiger partial charge in [-0.15, -0.1) is 0 Å². The van der Waals surface area contributed by atoms with Crippen LogP contribution in [0.2, 0.25) is 0 Å². The lowest BCUT2D eigenvalue weighted by atomic mass is 9.92. The summed E-state index contributed by atoms with van der Waals surface area (Å²) in [4.78, 5) is 11.1. The normalized spacial score (nSPS) is 19.1. The number of nitrogens with one attached hydrogen (secondary N) is 1. The van der Waals surface area contributed by atoms with Crippen LogP contribution in [0.1, 0.15) is 24.5 Å². The minimum Gasteiger partial charge on any atom is -0.507 e. The Morgan fingerprint density at radius 1 is 1.61 bits per heavy atom. The Morgan fingerprint density at radius 2 is 2.33 bits per heavy atom. The molecule has 1 atom stereocenters. The van der Waals surface area contributed by atoms with Gasteiger partial charge in [-0.1, -0.05) is 19.6 Å². The average molecular weight is 248 g/mol. The van der Waals surface area contributed by atoms with Crippen molar-refractivity contribution in [1.82, 2.24) is 5.43 Å². The SMILES string of the molecule is C=Cc1c(O)ccc(C2=NNC(=O)CC2C)c1F. The molecule has 1 unspecified atom stereocenters. The van der Waals surface area contributed by atoms with Crippen LogP contribution in [0.3, 0.4) is 0 Å². The number of phenolic OH excluding ortho intramolecular Hbond substituents is 1. The second-order valence-corrected chi connectivity index (χ2v) is 4.20. The summed E-state index contributed by atoms with van der Waals surface area (Å²) in [6, 6.07) is 2.84. The molecule has 1 aliphatic rings. The van der Waals surface area contributed by atoms with Crippen molar-refractivity contribution in [3.05, 3.63) is 35.7 Å². The summed E-state index contributed by atoms with van der Waals surface area (Å²) in [7, 11) is 0. The van der Waals surface area contributed by atoms with Crippen LogP contribution in [-0.4, -0.2) is 16.7 Å². The number of halogens is 1. The molecule has 0 radical (unpaired) electrons. The Bertz CT molecular complexity index is 552. The monoisotopic (exact) mass is 248 g/mol. The van der Waals surface area contributed by atoms with Crippen LogP contribution in [0, 0.1) is 11.7 Å². The van der Waals surface area contributed by atoms with Crippen LogP contribution in [0.4, 0.5) is 4.39 Å². The van der Waals surface area contributed by atoms with Crippen LogP contribution >= 0.6 is 0 Å². The Morgan fingerprint density at radius 3 is 2.94 bits per heavy atom. The standard InChI is InChI=1S/C13H13FN2O2/c1-3-8-10(17)5-4-9(12(8)14)13-7(2)6-11(18)15-16-13/h3-5,7,17H,1,6H2,2H3,(H,15,18). The van der Waals surface area contributed by atoms with E-state index in [1.54, 1.807) is 6.92 Å². The van der Waals surface area contributed by atoms with E-state index in [-0.39, 0.29) is 35.1 Å². The van der Waals surface area contributed by atoms with Crippen LogP contribution in [0.25, 0.3) is 6.08 Å².